The van der Waals surface area contributed by atoms with Crippen LogP contribution in [0, 0.1) is 13.8 Å². The first-order valence-electron chi connectivity index (χ1n) is 11.2. The molecule has 158 valence electrons. The maximum atomic E-state index is 12.3. The Morgan fingerprint density at radius 1 is 1.14 bits per heavy atom. The van der Waals surface area contributed by atoms with Crippen molar-refractivity contribution in [3.05, 3.63) is 39.1 Å². The van der Waals surface area contributed by atoms with Crippen molar-refractivity contribution in [2.24, 2.45) is 0 Å². The van der Waals surface area contributed by atoms with Gasteiger partial charge >= 0.3 is 0 Å². The first-order valence-corrected chi connectivity index (χ1v) is 11.2. The average Bonchev–Trinajstić information content (AvgIpc) is 3.02. The Morgan fingerprint density at radius 2 is 1.93 bits per heavy atom. The fourth-order valence-electron chi connectivity index (χ4n) is 4.86. The zero-order valence-electron chi connectivity index (χ0n) is 18.1. The van der Waals surface area contributed by atoms with Crippen LogP contribution >= 0.6 is 0 Å². The Kier molecular flexibility index (Phi) is 6.04. The highest BCUT2D eigenvalue weighted by atomic mass is 16.1. The summed E-state index contributed by atoms with van der Waals surface area (Å²) in [4.78, 5) is 25.0. The van der Waals surface area contributed by atoms with Gasteiger partial charge in [-0.2, -0.15) is 5.10 Å². The minimum absolute atomic E-state index is 0.0244. The third-order valence-corrected chi connectivity index (χ3v) is 6.54. The monoisotopic (exact) mass is 398 g/mol. The summed E-state index contributed by atoms with van der Waals surface area (Å²) in [6.07, 6.45) is 5.85. The molecule has 0 bridgehead atoms. The van der Waals surface area contributed by atoms with Crippen LogP contribution in [0.15, 0.2) is 10.9 Å². The molecular formula is C22H34N6O. The molecule has 29 heavy (non-hydrogen) atoms. The molecule has 0 unspecified atom stereocenters. The SMILES string of the molecule is CCn1nc(C)c(CN2CCC[C@H](c3cc(=O)[nH]c(N4CCCCC4)n3)C2)c1C. The molecule has 2 saturated heterocycles. The molecule has 0 aromatic carbocycles. The molecule has 2 aliphatic heterocycles. The van der Waals surface area contributed by atoms with Crippen molar-refractivity contribution in [3.8, 4) is 0 Å². The molecule has 2 aromatic heterocycles. The van der Waals surface area contributed by atoms with E-state index >= 15 is 0 Å². The van der Waals surface area contributed by atoms with Gasteiger partial charge in [0.2, 0.25) is 5.95 Å². The van der Waals surface area contributed by atoms with E-state index in [1.807, 2.05) is 0 Å². The molecule has 2 aliphatic rings. The lowest BCUT2D eigenvalue weighted by atomic mass is 9.94. The molecule has 7 heteroatoms. The van der Waals surface area contributed by atoms with E-state index in [0.29, 0.717) is 5.92 Å². The lowest BCUT2D eigenvalue weighted by Gasteiger charge is -2.33. The third-order valence-electron chi connectivity index (χ3n) is 6.54. The average molecular weight is 399 g/mol. The molecule has 0 aliphatic carbocycles. The summed E-state index contributed by atoms with van der Waals surface area (Å²) < 4.78 is 2.09. The number of nitrogens with one attached hydrogen (secondary N) is 1. The van der Waals surface area contributed by atoms with E-state index in [1.54, 1.807) is 6.07 Å². The second kappa shape index (κ2) is 8.69. The highest BCUT2D eigenvalue weighted by molar-refractivity contribution is 5.32. The van der Waals surface area contributed by atoms with Crippen LogP contribution in [-0.2, 0) is 13.1 Å². The number of hydrogen-bond donors (Lipinski definition) is 1. The van der Waals surface area contributed by atoms with Gasteiger partial charge in [0, 0.05) is 56.0 Å². The summed E-state index contributed by atoms with van der Waals surface area (Å²) in [6.45, 7) is 12.3. The molecule has 1 atom stereocenters. The maximum absolute atomic E-state index is 12.3. The van der Waals surface area contributed by atoms with Gasteiger partial charge < -0.3 is 4.90 Å². The van der Waals surface area contributed by atoms with Crippen LogP contribution in [0.25, 0.3) is 0 Å². The number of likely N-dealkylation sites (tertiary alicyclic amines) is 1. The number of aromatic nitrogens is 4. The predicted molar refractivity (Wildman–Crippen MR) is 116 cm³/mol. The van der Waals surface area contributed by atoms with Gasteiger partial charge in [-0.25, -0.2) is 4.98 Å². The van der Waals surface area contributed by atoms with Gasteiger partial charge in [0.25, 0.3) is 5.56 Å². The second-order valence-corrected chi connectivity index (χ2v) is 8.58. The van der Waals surface area contributed by atoms with Crippen LogP contribution in [-0.4, -0.2) is 50.8 Å². The molecule has 0 amide bonds. The zero-order chi connectivity index (χ0) is 20.4. The van der Waals surface area contributed by atoms with E-state index in [-0.39, 0.29) is 5.56 Å². The molecule has 7 nitrogen and oxygen atoms in total. The number of rotatable bonds is 5. The molecular weight excluding hydrogens is 364 g/mol. The second-order valence-electron chi connectivity index (χ2n) is 8.58. The van der Waals surface area contributed by atoms with Crippen molar-refractivity contribution in [2.45, 2.75) is 71.9 Å². The number of piperidine rings is 2. The normalized spacial score (nSPS) is 20.9. The van der Waals surface area contributed by atoms with Crippen LogP contribution < -0.4 is 10.5 Å². The first-order chi connectivity index (χ1) is 14.0. The number of aromatic amines is 1. The molecule has 0 radical (unpaired) electrons. The largest absolute Gasteiger partial charge is 0.342 e. The van der Waals surface area contributed by atoms with E-state index in [0.717, 1.165) is 69.4 Å². The first kappa shape index (κ1) is 20.1. The van der Waals surface area contributed by atoms with Gasteiger partial charge in [-0.05, 0) is 59.4 Å². The third kappa shape index (κ3) is 4.39. The van der Waals surface area contributed by atoms with Gasteiger partial charge in [0.05, 0.1) is 11.4 Å². The lowest BCUT2D eigenvalue weighted by molar-refractivity contribution is 0.197. The number of nitrogens with zero attached hydrogens (tertiary/aromatic N) is 5. The van der Waals surface area contributed by atoms with Crippen LogP contribution in [0.1, 0.15) is 67.6 Å². The zero-order valence-corrected chi connectivity index (χ0v) is 18.1. The van der Waals surface area contributed by atoms with E-state index < -0.39 is 0 Å². The highest BCUT2D eigenvalue weighted by Crippen LogP contribution is 2.28. The van der Waals surface area contributed by atoms with Crippen molar-refractivity contribution in [1.29, 1.82) is 0 Å². The number of aryl methyl sites for hydroxylation is 2. The quantitative estimate of drug-likeness (QED) is 0.838. The molecule has 4 rings (SSSR count). The molecule has 0 saturated carbocycles. The summed E-state index contributed by atoms with van der Waals surface area (Å²) in [5.74, 6) is 1.08. The van der Waals surface area contributed by atoms with Crippen LogP contribution in [0.2, 0.25) is 0 Å². The van der Waals surface area contributed by atoms with Crippen molar-refractivity contribution in [3.63, 3.8) is 0 Å². The van der Waals surface area contributed by atoms with Crippen LogP contribution in [0.3, 0.4) is 0 Å². The van der Waals surface area contributed by atoms with E-state index in [1.165, 1.54) is 30.5 Å². The Morgan fingerprint density at radius 3 is 2.66 bits per heavy atom. The molecule has 0 spiro atoms. The Bertz CT molecular complexity index is 895. The van der Waals surface area contributed by atoms with Crippen molar-refractivity contribution >= 4 is 5.95 Å². The molecule has 2 fully saturated rings. The molecule has 1 N–H and O–H groups in total. The number of anilines is 1. The van der Waals surface area contributed by atoms with Crippen molar-refractivity contribution in [2.75, 3.05) is 31.1 Å². The molecule has 2 aromatic rings. The van der Waals surface area contributed by atoms with Gasteiger partial charge in [-0.1, -0.05) is 0 Å². The van der Waals surface area contributed by atoms with Gasteiger partial charge in [0.15, 0.2) is 0 Å². The maximum Gasteiger partial charge on any atom is 0.252 e. The lowest BCUT2D eigenvalue weighted by Crippen LogP contribution is -2.36. The highest BCUT2D eigenvalue weighted by Gasteiger charge is 2.25. The minimum atomic E-state index is -0.0244. The topological polar surface area (TPSA) is 70.1 Å². The van der Waals surface area contributed by atoms with Crippen LogP contribution in [0.4, 0.5) is 5.95 Å². The van der Waals surface area contributed by atoms with E-state index in [4.69, 9.17) is 4.98 Å². The summed E-state index contributed by atoms with van der Waals surface area (Å²) in [5.41, 5.74) is 4.68. The van der Waals surface area contributed by atoms with E-state index in [2.05, 4.69) is 45.3 Å². The van der Waals surface area contributed by atoms with Gasteiger partial charge in [-0.15, -0.1) is 0 Å². The number of hydrogen-bond acceptors (Lipinski definition) is 5. The fourth-order valence-corrected chi connectivity index (χ4v) is 4.86. The number of H-pyrrole nitrogens is 1. The van der Waals surface area contributed by atoms with E-state index in [9.17, 15) is 4.79 Å². The summed E-state index contributed by atoms with van der Waals surface area (Å²) >= 11 is 0. The Labute approximate surface area is 173 Å². The van der Waals surface area contributed by atoms with Crippen molar-refractivity contribution < 1.29 is 0 Å². The summed E-state index contributed by atoms with van der Waals surface area (Å²) in [7, 11) is 0. The minimum Gasteiger partial charge on any atom is -0.342 e. The van der Waals surface area contributed by atoms with Gasteiger partial charge in [0.1, 0.15) is 0 Å². The van der Waals surface area contributed by atoms with Crippen LogP contribution in [0.5, 0.6) is 0 Å². The smallest absolute Gasteiger partial charge is 0.252 e. The standard InChI is InChI=1S/C22H34N6O/c1-4-28-17(3)19(16(2)25-28)15-26-10-8-9-18(14-26)20-13-21(29)24-22(23-20)27-11-6-5-7-12-27/h13,18H,4-12,14-15H2,1-3H3,(H,23,24,29)/t18-/m0/s1. The Hall–Kier alpha value is -2.15. The Balaban J connectivity index is 1.50. The van der Waals surface area contributed by atoms with Gasteiger partial charge in [-0.3, -0.25) is 19.4 Å². The van der Waals surface area contributed by atoms with Crippen molar-refractivity contribution in [1.82, 2.24) is 24.6 Å². The fraction of sp³-hybridized carbons (Fsp3) is 0.682. The predicted octanol–water partition coefficient (Wildman–Crippen LogP) is 2.97. The summed E-state index contributed by atoms with van der Waals surface area (Å²) in [5, 5.41) is 4.67. The molecule has 4 heterocycles. The summed E-state index contributed by atoms with van der Waals surface area (Å²) in [6, 6.07) is 1.72.